The minimum atomic E-state index is -0.961. The summed E-state index contributed by atoms with van der Waals surface area (Å²) in [6.07, 6.45) is 1.93. The molecule has 0 aromatic heterocycles. The van der Waals surface area contributed by atoms with Crippen LogP contribution in [-0.2, 0) is 0 Å². The van der Waals surface area contributed by atoms with Crippen LogP contribution in [0.25, 0.3) is 0 Å². The van der Waals surface area contributed by atoms with Crippen LogP contribution in [0.5, 0.6) is 0 Å². The summed E-state index contributed by atoms with van der Waals surface area (Å²) in [5.41, 5.74) is -0.591. The lowest BCUT2D eigenvalue weighted by molar-refractivity contribution is 0.154. The highest BCUT2D eigenvalue weighted by Crippen LogP contribution is 2.39. The molecular weight excluding hydrogens is 278 g/mol. The number of halogens is 2. The third-order valence-electron chi connectivity index (χ3n) is 4.00. The Bertz CT molecular complexity index is 534. The Balaban J connectivity index is 2.00. The first-order valence-corrected chi connectivity index (χ1v) is 7.01. The van der Waals surface area contributed by atoms with Gasteiger partial charge in [0.05, 0.1) is 18.2 Å². The Hall–Kier alpha value is -1.69. The van der Waals surface area contributed by atoms with Gasteiger partial charge in [-0.2, -0.15) is 0 Å². The van der Waals surface area contributed by atoms with Gasteiger partial charge in [-0.15, -0.1) is 0 Å². The van der Waals surface area contributed by atoms with Crippen LogP contribution in [0.3, 0.4) is 0 Å². The van der Waals surface area contributed by atoms with Crippen molar-refractivity contribution in [2.45, 2.75) is 38.3 Å². The number of aliphatic hydroxyl groups excluding tert-OH is 1. The molecule has 0 radical (unpaired) electrons. The molecule has 1 aliphatic carbocycles. The molecule has 0 saturated heterocycles. The first kappa shape index (κ1) is 15.7. The zero-order chi connectivity index (χ0) is 15.6. The number of carbonyl (C=O) groups is 1. The average Bonchev–Trinajstić information content (AvgIpc) is 3.26. The van der Waals surface area contributed by atoms with Gasteiger partial charge in [0.1, 0.15) is 0 Å². The van der Waals surface area contributed by atoms with Crippen molar-refractivity contribution in [3.05, 3.63) is 35.4 Å². The molecule has 1 aliphatic rings. The zero-order valence-corrected chi connectivity index (χ0v) is 12.1. The summed E-state index contributed by atoms with van der Waals surface area (Å²) in [6.45, 7) is 3.19. The van der Waals surface area contributed by atoms with E-state index >= 15 is 0 Å². The van der Waals surface area contributed by atoms with E-state index in [1.165, 1.54) is 12.1 Å². The summed E-state index contributed by atoms with van der Waals surface area (Å²) < 4.78 is 26.8. The van der Waals surface area contributed by atoms with Crippen molar-refractivity contribution in [2.24, 2.45) is 5.92 Å². The lowest BCUT2D eigenvalue weighted by Gasteiger charge is -2.29. The Kier molecular flexibility index (Phi) is 4.46. The maximum atomic E-state index is 13.7. The largest absolute Gasteiger partial charge is 0.394 e. The van der Waals surface area contributed by atoms with Gasteiger partial charge in [-0.05, 0) is 38.7 Å². The number of amides is 2. The van der Waals surface area contributed by atoms with Gasteiger partial charge in [0.2, 0.25) is 0 Å². The molecule has 2 amide bonds. The fourth-order valence-corrected chi connectivity index (χ4v) is 2.42. The summed E-state index contributed by atoms with van der Waals surface area (Å²) >= 11 is 0. The van der Waals surface area contributed by atoms with E-state index in [9.17, 15) is 18.7 Å². The monoisotopic (exact) mass is 298 g/mol. The van der Waals surface area contributed by atoms with E-state index in [1.807, 2.05) is 0 Å². The Morgan fingerprint density at radius 3 is 2.71 bits per heavy atom. The maximum absolute atomic E-state index is 13.7. The summed E-state index contributed by atoms with van der Waals surface area (Å²) in [4.78, 5) is 12.0. The number of rotatable bonds is 5. The number of hydrogen-bond donors (Lipinski definition) is 3. The Labute approximate surface area is 122 Å². The van der Waals surface area contributed by atoms with Crippen molar-refractivity contribution in [1.29, 1.82) is 0 Å². The van der Waals surface area contributed by atoms with Crippen LogP contribution >= 0.6 is 0 Å². The maximum Gasteiger partial charge on any atom is 0.315 e. The van der Waals surface area contributed by atoms with Gasteiger partial charge < -0.3 is 15.7 Å². The number of urea groups is 1. The summed E-state index contributed by atoms with van der Waals surface area (Å²) in [5, 5.41) is 14.7. The summed E-state index contributed by atoms with van der Waals surface area (Å²) in [7, 11) is 0. The van der Waals surface area contributed by atoms with Crippen LogP contribution in [0.1, 0.15) is 38.3 Å². The van der Waals surface area contributed by atoms with Crippen molar-refractivity contribution in [3.8, 4) is 0 Å². The number of hydrogen-bond acceptors (Lipinski definition) is 2. The average molecular weight is 298 g/mol. The van der Waals surface area contributed by atoms with Crippen molar-refractivity contribution in [3.63, 3.8) is 0 Å². The molecule has 0 spiro atoms. The topological polar surface area (TPSA) is 61.4 Å². The summed E-state index contributed by atoms with van der Waals surface area (Å²) in [5.74, 6) is -1.65. The molecule has 1 fully saturated rings. The molecule has 3 N–H and O–H groups in total. The molecule has 6 heteroatoms. The molecule has 2 unspecified atom stereocenters. The van der Waals surface area contributed by atoms with E-state index in [0.717, 1.165) is 18.9 Å². The van der Waals surface area contributed by atoms with Crippen LogP contribution in [0, 0.1) is 17.6 Å². The van der Waals surface area contributed by atoms with Crippen LogP contribution in [0.2, 0.25) is 0 Å². The van der Waals surface area contributed by atoms with E-state index in [0.29, 0.717) is 0 Å². The Morgan fingerprint density at radius 2 is 2.14 bits per heavy atom. The number of benzene rings is 1. The predicted molar refractivity (Wildman–Crippen MR) is 74.7 cm³/mol. The van der Waals surface area contributed by atoms with E-state index < -0.39 is 29.2 Å². The minimum absolute atomic E-state index is 0.0854. The van der Waals surface area contributed by atoms with Gasteiger partial charge in [0.25, 0.3) is 0 Å². The van der Waals surface area contributed by atoms with Crippen LogP contribution in [0.15, 0.2) is 18.2 Å². The van der Waals surface area contributed by atoms with Crippen LogP contribution in [0.4, 0.5) is 13.6 Å². The van der Waals surface area contributed by atoms with Gasteiger partial charge in [-0.3, -0.25) is 0 Å². The lowest BCUT2D eigenvalue weighted by Crippen LogP contribution is -2.54. The summed E-state index contributed by atoms with van der Waals surface area (Å²) in [6, 6.07) is 2.67. The lowest BCUT2D eigenvalue weighted by atomic mass is 9.97. The van der Waals surface area contributed by atoms with Gasteiger partial charge in [0.15, 0.2) is 11.6 Å². The third-order valence-corrected chi connectivity index (χ3v) is 4.00. The van der Waals surface area contributed by atoms with E-state index in [2.05, 4.69) is 10.6 Å². The second-order valence-corrected chi connectivity index (χ2v) is 5.81. The number of nitrogens with one attached hydrogen (secondary N) is 2. The molecule has 2 rings (SSSR count). The SMILES string of the molecule is CC(NC(=O)NC(C)(CO)C1CC1)c1cccc(F)c1F. The molecule has 4 nitrogen and oxygen atoms in total. The molecule has 116 valence electrons. The molecule has 0 bridgehead atoms. The molecule has 0 heterocycles. The van der Waals surface area contributed by atoms with E-state index in [-0.39, 0.29) is 18.1 Å². The first-order chi connectivity index (χ1) is 9.87. The zero-order valence-electron chi connectivity index (χ0n) is 12.1. The molecule has 1 saturated carbocycles. The molecule has 1 aromatic rings. The number of aliphatic hydroxyl groups is 1. The third kappa shape index (κ3) is 3.50. The first-order valence-electron chi connectivity index (χ1n) is 7.01. The normalized spacial score (nSPS) is 18.7. The molecular formula is C15H20F2N2O2. The van der Waals surface area contributed by atoms with Crippen molar-refractivity contribution in [2.75, 3.05) is 6.61 Å². The highest BCUT2D eigenvalue weighted by atomic mass is 19.2. The quantitative estimate of drug-likeness (QED) is 0.782. The van der Waals surface area contributed by atoms with Gasteiger partial charge in [0, 0.05) is 5.56 Å². The second-order valence-electron chi connectivity index (χ2n) is 5.81. The van der Waals surface area contributed by atoms with E-state index in [4.69, 9.17) is 0 Å². The van der Waals surface area contributed by atoms with Gasteiger partial charge >= 0.3 is 6.03 Å². The number of carbonyl (C=O) groups excluding carboxylic acids is 1. The minimum Gasteiger partial charge on any atom is -0.394 e. The molecule has 21 heavy (non-hydrogen) atoms. The highest BCUT2D eigenvalue weighted by Gasteiger charge is 2.42. The molecule has 0 aliphatic heterocycles. The van der Waals surface area contributed by atoms with Crippen molar-refractivity contribution in [1.82, 2.24) is 10.6 Å². The standard InChI is InChI=1S/C15H20F2N2O2/c1-9(11-4-3-5-12(16)13(11)17)18-14(21)19-15(2,8-20)10-6-7-10/h3-5,9-10,20H,6-8H2,1-2H3,(H2,18,19,21). The van der Waals surface area contributed by atoms with Crippen molar-refractivity contribution < 1.29 is 18.7 Å². The predicted octanol–water partition coefficient (Wildman–Crippen LogP) is 2.49. The van der Waals surface area contributed by atoms with Gasteiger partial charge in [-0.1, -0.05) is 12.1 Å². The second kappa shape index (κ2) is 5.97. The highest BCUT2D eigenvalue weighted by molar-refractivity contribution is 5.75. The van der Waals surface area contributed by atoms with Gasteiger partial charge in [-0.25, -0.2) is 13.6 Å². The Morgan fingerprint density at radius 1 is 1.48 bits per heavy atom. The van der Waals surface area contributed by atoms with Crippen molar-refractivity contribution >= 4 is 6.03 Å². The fraction of sp³-hybridized carbons (Fsp3) is 0.533. The smallest absolute Gasteiger partial charge is 0.315 e. The fourth-order valence-electron chi connectivity index (χ4n) is 2.42. The molecule has 1 aromatic carbocycles. The van der Waals surface area contributed by atoms with E-state index in [1.54, 1.807) is 13.8 Å². The molecule has 2 atom stereocenters. The van der Waals surface area contributed by atoms with Crippen LogP contribution in [-0.4, -0.2) is 23.3 Å². The van der Waals surface area contributed by atoms with Crippen LogP contribution < -0.4 is 10.6 Å².